The number of hydrogen-bond donors (Lipinski definition) is 1. The van der Waals surface area contributed by atoms with E-state index in [0.29, 0.717) is 0 Å². The summed E-state index contributed by atoms with van der Waals surface area (Å²) in [6.45, 7) is 3.48. The molecule has 0 aliphatic heterocycles. The molecule has 1 nitrogen and oxygen atoms in total. The third kappa shape index (κ3) is 0.960. The van der Waals surface area contributed by atoms with Crippen LogP contribution in [0.3, 0.4) is 0 Å². The first kappa shape index (κ1) is 7.00. The zero-order valence-electron chi connectivity index (χ0n) is 6.08. The molecule has 1 aliphatic rings. The van der Waals surface area contributed by atoms with Crippen molar-refractivity contribution in [3.63, 3.8) is 0 Å². The van der Waals surface area contributed by atoms with Gasteiger partial charge in [-0.05, 0) is 12.8 Å². The van der Waals surface area contributed by atoms with Crippen molar-refractivity contribution in [3.05, 3.63) is 0 Å². The molecule has 0 unspecified atom stereocenters. The first-order valence-corrected chi connectivity index (χ1v) is 3.37. The highest BCUT2D eigenvalue weighted by Crippen LogP contribution is 2.47. The Bertz CT molecular complexity index is 116. The topological polar surface area (TPSA) is 26.0 Å². The first-order chi connectivity index (χ1) is 4.02. The van der Waals surface area contributed by atoms with Crippen LogP contribution in [0.5, 0.6) is 0 Å². The van der Waals surface area contributed by atoms with E-state index in [9.17, 15) is 4.39 Å². The van der Waals surface area contributed by atoms with Crippen LogP contribution in [0.2, 0.25) is 0 Å². The maximum atomic E-state index is 12.2. The zero-order valence-corrected chi connectivity index (χ0v) is 6.08. The standard InChI is InChI=1S/C7H14FN/c1-6(2,5-8)7(9)3-4-7/h3-5,9H2,1-2H3. The second-order valence-corrected chi connectivity index (χ2v) is 3.67. The van der Waals surface area contributed by atoms with Crippen molar-refractivity contribution in [2.75, 3.05) is 6.67 Å². The summed E-state index contributed by atoms with van der Waals surface area (Å²) in [5.41, 5.74) is 5.32. The summed E-state index contributed by atoms with van der Waals surface area (Å²) in [5.74, 6) is 0. The second kappa shape index (κ2) is 1.69. The molecule has 1 rings (SSSR count). The van der Waals surface area contributed by atoms with Crippen LogP contribution in [-0.4, -0.2) is 12.2 Å². The highest BCUT2D eigenvalue weighted by atomic mass is 19.1. The van der Waals surface area contributed by atoms with Gasteiger partial charge >= 0.3 is 0 Å². The van der Waals surface area contributed by atoms with Crippen LogP contribution in [0.25, 0.3) is 0 Å². The SMILES string of the molecule is CC(C)(CF)C1(N)CC1. The van der Waals surface area contributed by atoms with Gasteiger partial charge in [-0.2, -0.15) is 0 Å². The molecular formula is C7H14FN. The van der Waals surface area contributed by atoms with Crippen molar-refractivity contribution >= 4 is 0 Å². The fourth-order valence-corrected chi connectivity index (χ4v) is 0.945. The lowest BCUT2D eigenvalue weighted by molar-refractivity contribution is 0.195. The van der Waals surface area contributed by atoms with Crippen molar-refractivity contribution in [2.24, 2.45) is 11.1 Å². The van der Waals surface area contributed by atoms with Gasteiger partial charge in [0.1, 0.15) is 0 Å². The molecule has 0 radical (unpaired) electrons. The summed E-state index contributed by atoms with van der Waals surface area (Å²) < 4.78 is 12.2. The van der Waals surface area contributed by atoms with Crippen LogP contribution < -0.4 is 5.73 Å². The Hall–Kier alpha value is -0.110. The van der Waals surface area contributed by atoms with E-state index < -0.39 is 0 Å². The van der Waals surface area contributed by atoms with Crippen LogP contribution in [0.15, 0.2) is 0 Å². The quantitative estimate of drug-likeness (QED) is 0.603. The predicted octanol–water partition coefficient (Wildman–Crippen LogP) is 1.47. The summed E-state index contributed by atoms with van der Waals surface area (Å²) in [7, 11) is 0. The monoisotopic (exact) mass is 131 g/mol. The highest BCUT2D eigenvalue weighted by molar-refractivity contribution is 5.08. The molecule has 0 bridgehead atoms. The predicted molar refractivity (Wildman–Crippen MR) is 35.9 cm³/mol. The number of rotatable bonds is 2. The van der Waals surface area contributed by atoms with Gasteiger partial charge < -0.3 is 5.73 Å². The fourth-order valence-electron chi connectivity index (χ4n) is 0.945. The van der Waals surface area contributed by atoms with E-state index in [1.54, 1.807) is 0 Å². The normalized spacial score (nSPS) is 24.0. The lowest BCUT2D eigenvalue weighted by Gasteiger charge is -2.27. The summed E-state index contributed by atoms with van der Waals surface area (Å²) in [6, 6.07) is 0. The van der Waals surface area contributed by atoms with Crippen molar-refractivity contribution in [2.45, 2.75) is 32.2 Å². The van der Waals surface area contributed by atoms with E-state index in [1.807, 2.05) is 13.8 Å². The van der Waals surface area contributed by atoms with Crippen LogP contribution in [0, 0.1) is 5.41 Å². The molecule has 54 valence electrons. The van der Waals surface area contributed by atoms with E-state index in [4.69, 9.17) is 5.73 Å². The van der Waals surface area contributed by atoms with E-state index in [1.165, 1.54) is 0 Å². The van der Waals surface area contributed by atoms with Gasteiger partial charge in [0.05, 0.1) is 6.67 Å². The molecule has 1 aliphatic carbocycles. The van der Waals surface area contributed by atoms with Gasteiger partial charge in [0.2, 0.25) is 0 Å². The first-order valence-electron chi connectivity index (χ1n) is 3.37. The molecule has 0 heterocycles. The number of nitrogens with two attached hydrogens (primary N) is 1. The molecule has 0 amide bonds. The number of hydrogen-bond acceptors (Lipinski definition) is 1. The van der Waals surface area contributed by atoms with Gasteiger partial charge in [-0.25, -0.2) is 0 Å². The maximum Gasteiger partial charge on any atom is 0.0962 e. The third-order valence-corrected chi connectivity index (χ3v) is 2.47. The van der Waals surface area contributed by atoms with Gasteiger partial charge in [0.15, 0.2) is 0 Å². The van der Waals surface area contributed by atoms with Crippen LogP contribution in [0.1, 0.15) is 26.7 Å². The van der Waals surface area contributed by atoms with E-state index in [0.717, 1.165) is 12.8 Å². The van der Waals surface area contributed by atoms with Gasteiger partial charge in [0, 0.05) is 11.0 Å². The van der Waals surface area contributed by atoms with Gasteiger partial charge in [-0.1, -0.05) is 13.8 Å². The molecule has 0 atom stereocenters. The lowest BCUT2D eigenvalue weighted by Crippen LogP contribution is -2.41. The minimum Gasteiger partial charge on any atom is -0.325 e. The molecule has 0 aromatic heterocycles. The van der Waals surface area contributed by atoms with E-state index >= 15 is 0 Å². The Kier molecular flexibility index (Phi) is 1.31. The van der Waals surface area contributed by atoms with Gasteiger partial charge in [-0.15, -0.1) is 0 Å². The summed E-state index contributed by atoms with van der Waals surface area (Å²) >= 11 is 0. The van der Waals surface area contributed by atoms with Gasteiger partial charge in [0.25, 0.3) is 0 Å². The summed E-state index contributed by atoms with van der Waals surface area (Å²) in [6.07, 6.45) is 1.98. The largest absolute Gasteiger partial charge is 0.325 e. The molecule has 1 saturated carbocycles. The highest BCUT2D eigenvalue weighted by Gasteiger charge is 2.51. The second-order valence-electron chi connectivity index (χ2n) is 3.67. The smallest absolute Gasteiger partial charge is 0.0962 e. The molecular weight excluding hydrogens is 117 g/mol. The molecule has 0 aromatic rings. The Morgan fingerprint density at radius 3 is 2.11 bits per heavy atom. The molecule has 1 fully saturated rings. The van der Waals surface area contributed by atoms with Crippen molar-refractivity contribution in [1.29, 1.82) is 0 Å². The average Bonchev–Trinajstić information content (AvgIpc) is 2.49. The molecule has 0 aromatic carbocycles. The Morgan fingerprint density at radius 2 is 2.00 bits per heavy atom. The Balaban J connectivity index is 2.58. The van der Waals surface area contributed by atoms with Gasteiger partial charge in [-0.3, -0.25) is 4.39 Å². The van der Waals surface area contributed by atoms with E-state index in [2.05, 4.69) is 0 Å². The third-order valence-electron chi connectivity index (χ3n) is 2.47. The minimum atomic E-state index is -0.302. The average molecular weight is 131 g/mol. The Morgan fingerprint density at radius 1 is 1.56 bits per heavy atom. The maximum absolute atomic E-state index is 12.2. The minimum absolute atomic E-state index is 0.179. The molecule has 2 N–H and O–H groups in total. The van der Waals surface area contributed by atoms with E-state index in [-0.39, 0.29) is 17.6 Å². The fraction of sp³-hybridized carbons (Fsp3) is 1.00. The Labute approximate surface area is 55.4 Å². The summed E-state index contributed by atoms with van der Waals surface area (Å²) in [4.78, 5) is 0. The molecule has 0 spiro atoms. The molecule has 0 saturated heterocycles. The number of alkyl halides is 1. The van der Waals surface area contributed by atoms with Crippen LogP contribution in [-0.2, 0) is 0 Å². The summed E-state index contributed by atoms with van der Waals surface area (Å²) in [5, 5.41) is 0. The molecule has 9 heavy (non-hydrogen) atoms. The lowest BCUT2D eigenvalue weighted by atomic mass is 9.84. The zero-order chi connectivity index (χ0) is 7.12. The van der Waals surface area contributed by atoms with Crippen molar-refractivity contribution < 1.29 is 4.39 Å². The van der Waals surface area contributed by atoms with Crippen molar-refractivity contribution in [1.82, 2.24) is 0 Å². The van der Waals surface area contributed by atoms with Crippen molar-refractivity contribution in [3.8, 4) is 0 Å². The van der Waals surface area contributed by atoms with Crippen LogP contribution >= 0.6 is 0 Å². The number of halogens is 1. The molecule has 2 heteroatoms. The van der Waals surface area contributed by atoms with Crippen LogP contribution in [0.4, 0.5) is 4.39 Å².